The van der Waals surface area contributed by atoms with Gasteiger partial charge in [0.15, 0.2) is 0 Å². The van der Waals surface area contributed by atoms with E-state index in [1.165, 1.54) is 11.8 Å². The van der Waals surface area contributed by atoms with Crippen molar-refractivity contribution in [1.82, 2.24) is 25.8 Å². The minimum absolute atomic E-state index is 0.00538. The number of carbonyl (C=O) groups is 3. The highest BCUT2D eigenvalue weighted by Crippen LogP contribution is 2.48. The number of likely N-dealkylation sites (tertiary alicyclic amines) is 1. The van der Waals surface area contributed by atoms with Crippen LogP contribution in [0, 0.1) is 12.8 Å². The first kappa shape index (κ1) is 26.6. The summed E-state index contributed by atoms with van der Waals surface area (Å²) in [5.41, 5.74) is 2.44. The maximum Gasteiger partial charge on any atom is 0.326 e. The van der Waals surface area contributed by atoms with Crippen molar-refractivity contribution in [1.29, 1.82) is 0 Å². The number of nitrogens with one attached hydrogen (secondary N) is 3. The van der Waals surface area contributed by atoms with Gasteiger partial charge in [-0.15, -0.1) is 0 Å². The third-order valence-electron chi connectivity index (χ3n) is 8.05. The Labute approximate surface area is 237 Å². The largest absolute Gasteiger partial charge is 0.439 e. The fraction of sp³-hybridized carbons (Fsp3) is 0.448. The van der Waals surface area contributed by atoms with Gasteiger partial charge in [0.05, 0.1) is 16.3 Å². The molecule has 0 radical (unpaired) electrons. The molecule has 210 valence electrons. The summed E-state index contributed by atoms with van der Waals surface area (Å²) in [6, 6.07) is 10.8. The molecule has 3 fully saturated rings. The first-order chi connectivity index (χ1) is 19.4. The molecule has 0 saturated carbocycles. The van der Waals surface area contributed by atoms with Crippen LogP contribution in [0.15, 0.2) is 53.2 Å². The highest BCUT2D eigenvalue weighted by molar-refractivity contribution is 8.04. The SMILES string of the molecule is CCC(=O)N1CCC[C@@H](NC(=O)C2=C3NC(=O)N(c4ccc(Oc5ccccn5)cc4C)C4CCNC(S2)C34)C1. The van der Waals surface area contributed by atoms with E-state index in [9.17, 15) is 14.4 Å². The first-order valence-electron chi connectivity index (χ1n) is 14.0. The number of hydrogen-bond acceptors (Lipinski definition) is 7. The van der Waals surface area contributed by atoms with Gasteiger partial charge in [-0.2, -0.15) is 0 Å². The number of thioether (sulfide) groups is 1. The average molecular weight is 563 g/mol. The van der Waals surface area contributed by atoms with E-state index in [1.54, 1.807) is 12.3 Å². The molecule has 40 heavy (non-hydrogen) atoms. The molecule has 4 atom stereocenters. The summed E-state index contributed by atoms with van der Waals surface area (Å²) in [5.74, 6) is 1.06. The smallest absolute Gasteiger partial charge is 0.326 e. The number of pyridine rings is 1. The van der Waals surface area contributed by atoms with E-state index >= 15 is 0 Å². The van der Waals surface area contributed by atoms with Crippen molar-refractivity contribution >= 4 is 35.3 Å². The molecule has 4 amide bonds. The number of aryl methyl sites for hydroxylation is 1. The number of benzene rings is 1. The van der Waals surface area contributed by atoms with Gasteiger partial charge in [-0.25, -0.2) is 9.78 Å². The molecule has 3 saturated heterocycles. The van der Waals surface area contributed by atoms with Gasteiger partial charge in [0.25, 0.3) is 5.91 Å². The molecule has 2 aromatic rings. The summed E-state index contributed by atoms with van der Waals surface area (Å²) in [6.45, 7) is 5.84. The lowest BCUT2D eigenvalue weighted by molar-refractivity contribution is -0.133. The number of urea groups is 1. The Balaban J connectivity index is 1.21. The lowest BCUT2D eigenvalue weighted by Gasteiger charge is -2.46. The standard InChI is InChI=1S/C29H34N6O4S/c1-3-23(36)34-14-6-7-18(16-34)32-27(37)26-25-24-21(11-13-31-28(24)40-26)35(29(38)33-25)20-10-9-19(15-17(20)2)39-22-8-4-5-12-30-22/h4-5,8-10,12,15,18,21,24,28,31H,3,6-7,11,13-14,16H2,1-2H3,(H,32,37)(H,33,38)/t18-,21?,24?,28?/m1/s1. The number of amides is 4. The van der Waals surface area contributed by atoms with Gasteiger partial charge in [0.2, 0.25) is 11.8 Å². The van der Waals surface area contributed by atoms with E-state index in [0.29, 0.717) is 35.2 Å². The van der Waals surface area contributed by atoms with Crippen molar-refractivity contribution in [2.45, 2.75) is 57.0 Å². The van der Waals surface area contributed by atoms with Gasteiger partial charge in [0.1, 0.15) is 5.75 Å². The summed E-state index contributed by atoms with van der Waals surface area (Å²) in [6.07, 6.45) is 4.61. The quantitative estimate of drug-likeness (QED) is 0.494. The molecule has 1 aromatic heterocycles. The molecular weight excluding hydrogens is 528 g/mol. The van der Waals surface area contributed by atoms with E-state index in [1.807, 2.05) is 54.0 Å². The lowest BCUT2D eigenvalue weighted by atomic mass is 9.86. The molecule has 6 rings (SSSR count). The Kier molecular flexibility index (Phi) is 7.41. The molecule has 0 aliphatic carbocycles. The Morgan fingerprint density at radius 2 is 2.10 bits per heavy atom. The molecule has 0 spiro atoms. The van der Waals surface area contributed by atoms with Gasteiger partial charge < -0.3 is 25.6 Å². The molecule has 5 heterocycles. The predicted octanol–water partition coefficient (Wildman–Crippen LogP) is 3.49. The Hall–Kier alpha value is -3.57. The number of hydrogen-bond donors (Lipinski definition) is 3. The third kappa shape index (κ3) is 5.03. The lowest BCUT2D eigenvalue weighted by Crippen LogP contribution is -2.62. The summed E-state index contributed by atoms with van der Waals surface area (Å²) >= 11 is 1.49. The van der Waals surface area contributed by atoms with Crippen LogP contribution < -0.4 is 25.6 Å². The van der Waals surface area contributed by atoms with Crippen molar-refractivity contribution in [2.24, 2.45) is 5.92 Å². The zero-order valence-electron chi connectivity index (χ0n) is 22.7. The molecule has 0 bridgehead atoms. The zero-order valence-corrected chi connectivity index (χ0v) is 23.5. The number of aromatic nitrogens is 1. The van der Waals surface area contributed by atoms with Crippen LogP contribution in [0.5, 0.6) is 11.6 Å². The highest BCUT2D eigenvalue weighted by Gasteiger charge is 2.52. The maximum absolute atomic E-state index is 13.6. The van der Waals surface area contributed by atoms with Crippen LogP contribution >= 0.6 is 11.8 Å². The fourth-order valence-electron chi connectivity index (χ4n) is 6.19. The number of nitrogens with zero attached hydrogens (tertiary/aromatic N) is 3. The zero-order chi connectivity index (χ0) is 27.8. The van der Waals surface area contributed by atoms with Gasteiger partial charge >= 0.3 is 6.03 Å². The number of carbonyl (C=O) groups excluding carboxylic acids is 3. The summed E-state index contributed by atoms with van der Waals surface area (Å²) in [4.78, 5) is 47.8. The van der Waals surface area contributed by atoms with Crippen molar-refractivity contribution in [3.63, 3.8) is 0 Å². The minimum Gasteiger partial charge on any atom is -0.439 e. The van der Waals surface area contributed by atoms with Crippen LogP contribution in [-0.4, -0.2) is 64.8 Å². The first-order valence-corrected chi connectivity index (χ1v) is 14.8. The number of piperidine rings is 2. The fourth-order valence-corrected chi connectivity index (χ4v) is 7.59. The molecular formula is C29H34N6O4S. The van der Waals surface area contributed by atoms with Gasteiger partial charge in [-0.3, -0.25) is 14.5 Å². The van der Waals surface area contributed by atoms with Crippen molar-refractivity contribution in [3.05, 3.63) is 58.8 Å². The molecule has 10 nitrogen and oxygen atoms in total. The van der Waals surface area contributed by atoms with Crippen LogP contribution in [0.1, 0.15) is 38.2 Å². The van der Waals surface area contributed by atoms with Crippen molar-refractivity contribution < 1.29 is 19.1 Å². The highest BCUT2D eigenvalue weighted by atomic mass is 32.2. The van der Waals surface area contributed by atoms with Crippen LogP contribution in [0.2, 0.25) is 0 Å². The number of ether oxygens (including phenoxy) is 1. The molecule has 3 N–H and O–H groups in total. The van der Waals surface area contributed by atoms with Gasteiger partial charge in [-0.1, -0.05) is 24.8 Å². The second-order valence-corrected chi connectivity index (χ2v) is 11.8. The van der Waals surface area contributed by atoms with Crippen LogP contribution in [0.25, 0.3) is 0 Å². The molecule has 3 unspecified atom stereocenters. The van der Waals surface area contributed by atoms with E-state index < -0.39 is 0 Å². The van der Waals surface area contributed by atoms with E-state index in [-0.39, 0.29) is 41.2 Å². The normalized spacial score (nSPS) is 25.8. The summed E-state index contributed by atoms with van der Waals surface area (Å²) < 4.78 is 5.89. The van der Waals surface area contributed by atoms with E-state index in [4.69, 9.17) is 4.74 Å². The third-order valence-corrected chi connectivity index (χ3v) is 9.40. The van der Waals surface area contributed by atoms with Crippen LogP contribution in [0.3, 0.4) is 0 Å². The Morgan fingerprint density at radius 3 is 2.88 bits per heavy atom. The van der Waals surface area contributed by atoms with E-state index in [0.717, 1.165) is 43.6 Å². The summed E-state index contributed by atoms with van der Waals surface area (Å²) in [7, 11) is 0. The predicted molar refractivity (Wildman–Crippen MR) is 153 cm³/mol. The Morgan fingerprint density at radius 1 is 1.23 bits per heavy atom. The monoisotopic (exact) mass is 562 g/mol. The minimum atomic E-state index is -0.233. The Bertz CT molecular complexity index is 1350. The van der Waals surface area contributed by atoms with E-state index in [2.05, 4.69) is 20.9 Å². The molecule has 4 aliphatic rings. The van der Waals surface area contributed by atoms with Crippen molar-refractivity contribution in [2.75, 3.05) is 24.5 Å². The molecule has 1 aromatic carbocycles. The van der Waals surface area contributed by atoms with Gasteiger partial charge in [-0.05, 0) is 62.6 Å². The van der Waals surface area contributed by atoms with Crippen LogP contribution in [0.4, 0.5) is 10.5 Å². The second-order valence-electron chi connectivity index (χ2n) is 10.6. The topological polar surface area (TPSA) is 116 Å². The van der Waals surface area contributed by atoms with Gasteiger partial charge in [0, 0.05) is 55.1 Å². The molecule has 11 heteroatoms. The molecule has 4 aliphatic heterocycles. The maximum atomic E-state index is 13.6. The van der Waals surface area contributed by atoms with Crippen LogP contribution in [-0.2, 0) is 9.59 Å². The van der Waals surface area contributed by atoms with Crippen molar-refractivity contribution in [3.8, 4) is 11.6 Å². The number of anilines is 1. The number of rotatable bonds is 6. The average Bonchev–Trinajstić information content (AvgIpc) is 3.33. The second kappa shape index (κ2) is 11.1. The summed E-state index contributed by atoms with van der Waals surface area (Å²) in [5, 5.41) is 9.78.